The van der Waals surface area contributed by atoms with E-state index in [2.05, 4.69) is 25.6 Å². The second-order valence-corrected chi connectivity index (χ2v) is 8.55. The molecule has 2 unspecified atom stereocenters. The molecule has 1 aromatic rings. The highest BCUT2D eigenvalue weighted by molar-refractivity contribution is 9.10. The van der Waals surface area contributed by atoms with E-state index in [0.717, 1.165) is 0 Å². The van der Waals surface area contributed by atoms with Gasteiger partial charge in [0.15, 0.2) is 0 Å². The number of carboxylic acids is 1. The molecule has 19 heavy (non-hydrogen) atoms. The maximum absolute atomic E-state index is 12.1. The van der Waals surface area contributed by atoms with Crippen LogP contribution in [0.25, 0.3) is 0 Å². The molecule has 0 radical (unpaired) electrons. The van der Waals surface area contributed by atoms with Gasteiger partial charge in [-0.1, -0.05) is 0 Å². The van der Waals surface area contributed by atoms with Crippen LogP contribution >= 0.6 is 27.3 Å². The zero-order valence-corrected chi connectivity index (χ0v) is 13.9. The van der Waals surface area contributed by atoms with Crippen molar-refractivity contribution in [2.45, 2.75) is 37.6 Å². The molecular formula is C10H16BrN3O3S2. The lowest BCUT2D eigenvalue weighted by atomic mass is 10.1. The quantitative estimate of drug-likeness (QED) is 0.676. The van der Waals surface area contributed by atoms with Crippen LogP contribution < -0.4 is 10.5 Å². The van der Waals surface area contributed by atoms with Crippen LogP contribution in [0.3, 0.4) is 0 Å². The van der Waals surface area contributed by atoms with Gasteiger partial charge >= 0.3 is 5.97 Å². The van der Waals surface area contributed by atoms with Gasteiger partial charge in [0.1, 0.15) is 26.4 Å². The number of carboxylic acid groups (broad SMARTS) is 1. The van der Waals surface area contributed by atoms with Crippen LogP contribution in [-0.4, -0.2) is 31.4 Å². The summed E-state index contributed by atoms with van der Waals surface area (Å²) >= 11 is 3.02. The zero-order chi connectivity index (χ0) is 14.8. The summed E-state index contributed by atoms with van der Waals surface area (Å²) in [4.78, 5) is 15.2. The Hall–Kier alpha value is -0.190. The molecule has 0 fully saturated rings. The van der Waals surface area contributed by atoms with Crippen molar-refractivity contribution in [1.82, 2.24) is 9.71 Å². The maximum atomic E-state index is 12.1. The number of aromatic nitrogens is 1. The molecule has 1 aromatic heterocycles. The summed E-state index contributed by atoms with van der Waals surface area (Å²) in [6, 6.07) is -2.02. The summed E-state index contributed by atoms with van der Waals surface area (Å²) in [5.41, 5.74) is 5.65. The summed E-state index contributed by atoms with van der Waals surface area (Å²) in [6.07, 6.45) is 0. The predicted molar refractivity (Wildman–Crippen MR) is 79.2 cm³/mol. The van der Waals surface area contributed by atoms with E-state index in [1.807, 2.05) is 0 Å². The number of nitrogens with two attached hydrogens (primary N) is 1. The Labute approximate surface area is 127 Å². The number of carbonyl (C=O) groups is 1. The van der Waals surface area contributed by atoms with Gasteiger partial charge in [-0.25, -0.2) is 4.98 Å². The number of nitrogens with one attached hydrogen (secondary N) is 1. The van der Waals surface area contributed by atoms with Crippen molar-refractivity contribution in [3.8, 4) is 0 Å². The third-order valence-corrected chi connectivity index (χ3v) is 5.41. The van der Waals surface area contributed by atoms with Crippen molar-refractivity contribution in [2.24, 2.45) is 5.73 Å². The van der Waals surface area contributed by atoms with Gasteiger partial charge in [-0.3, -0.25) is 4.79 Å². The van der Waals surface area contributed by atoms with Crippen LogP contribution in [0.5, 0.6) is 0 Å². The normalized spacial score (nSPS) is 16.9. The Morgan fingerprint density at radius 2 is 2.26 bits per heavy atom. The average Bonchev–Trinajstić information content (AvgIpc) is 2.69. The molecule has 0 aromatic carbocycles. The summed E-state index contributed by atoms with van der Waals surface area (Å²) in [5.74, 6) is -1.17. The molecule has 0 amide bonds. The largest absolute Gasteiger partial charge is 0.598 e. The van der Waals surface area contributed by atoms with Gasteiger partial charge in [-0.15, -0.1) is 16.1 Å². The van der Waals surface area contributed by atoms with Gasteiger partial charge in [0.05, 0.1) is 0 Å². The molecule has 0 saturated carbocycles. The lowest BCUT2D eigenvalue weighted by molar-refractivity contribution is -0.139. The van der Waals surface area contributed by atoms with E-state index in [-0.39, 0.29) is 0 Å². The minimum atomic E-state index is -1.44. The van der Waals surface area contributed by atoms with E-state index in [1.54, 1.807) is 26.2 Å². The monoisotopic (exact) mass is 369 g/mol. The third kappa shape index (κ3) is 4.69. The second-order valence-electron chi connectivity index (χ2n) is 4.85. The Morgan fingerprint density at radius 3 is 2.63 bits per heavy atom. The number of nitrogens with zero attached hydrogens (tertiary/aromatic N) is 1. The summed E-state index contributed by atoms with van der Waals surface area (Å²) in [5, 5.41) is 11.2. The van der Waals surface area contributed by atoms with E-state index in [9.17, 15) is 9.35 Å². The highest BCUT2D eigenvalue weighted by Crippen LogP contribution is 2.26. The van der Waals surface area contributed by atoms with Crippen molar-refractivity contribution >= 4 is 44.6 Å². The molecule has 0 bridgehead atoms. The molecule has 0 saturated heterocycles. The van der Waals surface area contributed by atoms with E-state index >= 15 is 0 Å². The number of aliphatic carboxylic acids is 1. The Kier molecular flexibility index (Phi) is 5.78. The van der Waals surface area contributed by atoms with Crippen LogP contribution in [-0.2, 0) is 16.2 Å². The SMILES string of the molecule is CC(C)(C)[S@+]([O-])NC(c1nc(Br)cs1)C(N)C(=O)O. The molecule has 0 spiro atoms. The third-order valence-electron chi connectivity index (χ3n) is 2.19. The number of halogens is 1. The molecule has 6 nitrogen and oxygen atoms in total. The maximum Gasteiger partial charge on any atom is 0.322 e. The first-order chi connectivity index (χ1) is 8.62. The van der Waals surface area contributed by atoms with Crippen LogP contribution in [0, 0.1) is 0 Å². The van der Waals surface area contributed by atoms with E-state index in [4.69, 9.17) is 10.8 Å². The molecule has 0 aliphatic rings. The molecule has 0 aliphatic carbocycles. The fraction of sp³-hybridized carbons (Fsp3) is 0.600. The van der Waals surface area contributed by atoms with Crippen molar-refractivity contribution in [2.75, 3.05) is 0 Å². The first-order valence-electron chi connectivity index (χ1n) is 5.40. The van der Waals surface area contributed by atoms with Gasteiger partial charge in [0.25, 0.3) is 0 Å². The minimum Gasteiger partial charge on any atom is -0.598 e. The van der Waals surface area contributed by atoms with Crippen LogP contribution in [0.2, 0.25) is 0 Å². The van der Waals surface area contributed by atoms with E-state index < -0.39 is 34.2 Å². The van der Waals surface area contributed by atoms with E-state index in [1.165, 1.54) is 11.3 Å². The molecule has 1 rings (SSSR count). The molecule has 108 valence electrons. The summed E-state index contributed by atoms with van der Waals surface area (Å²) < 4.78 is 14.9. The topological polar surface area (TPSA) is 111 Å². The summed E-state index contributed by atoms with van der Waals surface area (Å²) in [7, 11) is 0. The highest BCUT2D eigenvalue weighted by atomic mass is 79.9. The Balaban J connectivity index is 2.97. The lowest BCUT2D eigenvalue weighted by Crippen LogP contribution is -2.49. The fourth-order valence-corrected chi connectivity index (χ4v) is 3.40. The van der Waals surface area contributed by atoms with Gasteiger partial charge in [0.2, 0.25) is 0 Å². The average molecular weight is 370 g/mol. The molecular weight excluding hydrogens is 354 g/mol. The number of rotatable bonds is 5. The van der Waals surface area contributed by atoms with Crippen molar-refractivity contribution in [3.05, 3.63) is 15.0 Å². The van der Waals surface area contributed by atoms with Gasteiger partial charge in [0, 0.05) is 16.7 Å². The standard InChI is InChI=1S/C10H16BrN3O3S2/c1-10(2,3)19(17)14-7(6(12)9(15)16)8-13-5(11)4-18-8/h4,6-7,14H,12H2,1-3H3,(H,15,16)/t6?,7?,19-/m0/s1. The predicted octanol–water partition coefficient (Wildman–Crippen LogP) is 1.41. The smallest absolute Gasteiger partial charge is 0.322 e. The van der Waals surface area contributed by atoms with Crippen LogP contribution in [0.4, 0.5) is 0 Å². The lowest BCUT2D eigenvalue weighted by Gasteiger charge is -2.28. The minimum absolute atomic E-state index is 0.486. The van der Waals surface area contributed by atoms with Crippen LogP contribution in [0.15, 0.2) is 9.98 Å². The zero-order valence-electron chi connectivity index (χ0n) is 10.7. The number of thiazole rings is 1. The number of hydrogen-bond acceptors (Lipinski definition) is 6. The second kappa shape index (κ2) is 6.51. The molecule has 4 N–H and O–H groups in total. The molecule has 3 atom stereocenters. The van der Waals surface area contributed by atoms with Gasteiger partial charge in [-0.05, 0) is 36.7 Å². The Morgan fingerprint density at radius 1 is 1.68 bits per heavy atom. The fourth-order valence-electron chi connectivity index (χ4n) is 1.12. The van der Waals surface area contributed by atoms with Crippen molar-refractivity contribution in [3.63, 3.8) is 0 Å². The van der Waals surface area contributed by atoms with E-state index in [0.29, 0.717) is 9.61 Å². The molecule has 0 aliphatic heterocycles. The van der Waals surface area contributed by atoms with Crippen molar-refractivity contribution < 1.29 is 14.5 Å². The van der Waals surface area contributed by atoms with Crippen LogP contribution in [0.1, 0.15) is 31.8 Å². The number of hydrogen-bond donors (Lipinski definition) is 3. The first-order valence-corrected chi connectivity index (χ1v) is 8.22. The van der Waals surface area contributed by atoms with Gasteiger partial charge in [-0.2, -0.15) is 0 Å². The van der Waals surface area contributed by atoms with Gasteiger partial charge < -0.3 is 15.4 Å². The molecule has 9 heteroatoms. The summed E-state index contributed by atoms with van der Waals surface area (Å²) in [6.45, 7) is 5.37. The Bertz CT molecular complexity index is 449. The first kappa shape index (κ1) is 16.9. The van der Waals surface area contributed by atoms with Crippen molar-refractivity contribution in [1.29, 1.82) is 0 Å². The highest BCUT2D eigenvalue weighted by Gasteiger charge is 2.36. The molecule has 1 heterocycles.